The lowest BCUT2D eigenvalue weighted by molar-refractivity contribution is 0.0420. The van der Waals surface area contributed by atoms with E-state index in [1.165, 1.54) is 0 Å². The highest BCUT2D eigenvalue weighted by molar-refractivity contribution is 6.34. The summed E-state index contributed by atoms with van der Waals surface area (Å²) in [6.07, 6.45) is 1.31. The van der Waals surface area contributed by atoms with Crippen LogP contribution in [0.25, 0.3) is 0 Å². The van der Waals surface area contributed by atoms with E-state index in [9.17, 15) is 4.79 Å². The Balaban J connectivity index is 1.92. The van der Waals surface area contributed by atoms with Crippen molar-refractivity contribution in [2.75, 3.05) is 12.3 Å². The molecule has 1 saturated carbocycles. The van der Waals surface area contributed by atoms with E-state index in [1.54, 1.807) is 18.2 Å². The van der Waals surface area contributed by atoms with Crippen molar-refractivity contribution in [2.24, 2.45) is 5.92 Å². The van der Waals surface area contributed by atoms with Gasteiger partial charge in [-0.15, -0.1) is 0 Å². The Morgan fingerprint density at radius 1 is 1.53 bits per heavy atom. The Morgan fingerprint density at radius 3 is 2.88 bits per heavy atom. The second-order valence-corrected chi connectivity index (χ2v) is 4.85. The summed E-state index contributed by atoms with van der Waals surface area (Å²) in [6.45, 7) is 0.570. The summed E-state index contributed by atoms with van der Waals surface area (Å²) in [5.41, 5.74) is 6.51. The fraction of sp³-hybridized carbons (Fsp3) is 0.417. The summed E-state index contributed by atoms with van der Waals surface area (Å²) in [5, 5.41) is 12.3. The smallest absolute Gasteiger partial charge is 0.252 e. The van der Waals surface area contributed by atoms with Gasteiger partial charge < -0.3 is 16.2 Å². The predicted molar refractivity (Wildman–Crippen MR) is 66.9 cm³/mol. The van der Waals surface area contributed by atoms with Crippen molar-refractivity contribution in [1.82, 2.24) is 5.32 Å². The molecule has 0 aliphatic heterocycles. The van der Waals surface area contributed by atoms with Gasteiger partial charge in [-0.1, -0.05) is 11.6 Å². The van der Waals surface area contributed by atoms with E-state index in [-0.39, 0.29) is 12.0 Å². The van der Waals surface area contributed by atoms with Gasteiger partial charge in [-0.25, -0.2) is 0 Å². The number of halogens is 1. The van der Waals surface area contributed by atoms with E-state index in [0.717, 1.165) is 12.8 Å². The highest BCUT2D eigenvalue weighted by Crippen LogP contribution is 2.26. The van der Waals surface area contributed by atoms with Crippen molar-refractivity contribution in [1.29, 1.82) is 0 Å². The maximum absolute atomic E-state index is 11.8. The van der Waals surface area contributed by atoms with Crippen LogP contribution in [0.4, 0.5) is 5.69 Å². The van der Waals surface area contributed by atoms with Crippen LogP contribution < -0.4 is 11.1 Å². The molecule has 0 aromatic heterocycles. The summed E-state index contributed by atoms with van der Waals surface area (Å²) in [6, 6.07) is 4.83. The van der Waals surface area contributed by atoms with Crippen LogP contribution in [0.3, 0.4) is 0 Å². The van der Waals surface area contributed by atoms with Crippen LogP contribution in [0.2, 0.25) is 5.02 Å². The van der Waals surface area contributed by atoms with E-state index in [2.05, 4.69) is 5.32 Å². The molecule has 1 aliphatic carbocycles. The quantitative estimate of drug-likeness (QED) is 0.714. The number of hydrogen-bond donors (Lipinski definition) is 3. The molecule has 5 heteroatoms. The first kappa shape index (κ1) is 12.2. The summed E-state index contributed by atoms with van der Waals surface area (Å²) in [7, 11) is 0. The molecule has 1 aromatic carbocycles. The molecule has 0 saturated heterocycles. The fourth-order valence-corrected chi connectivity index (χ4v) is 2.12. The Hall–Kier alpha value is -1.26. The summed E-state index contributed by atoms with van der Waals surface area (Å²) in [5.74, 6) is 0.150. The number of anilines is 1. The van der Waals surface area contributed by atoms with Gasteiger partial charge in [0.25, 0.3) is 5.91 Å². The van der Waals surface area contributed by atoms with Crippen molar-refractivity contribution < 1.29 is 9.90 Å². The number of carbonyl (C=O) groups excluding carboxylic acids is 1. The summed E-state index contributed by atoms with van der Waals surface area (Å²) < 4.78 is 0. The third-order valence-electron chi connectivity index (χ3n) is 3.00. The van der Waals surface area contributed by atoms with Crippen molar-refractivity contribution in [3.63, 3.8) is 0 Å². The van der Waals surface area contributed by atoms with Crippen LogP contribution in [0.1, 0.15) is 23.2 Å². The third kappa shape index (κ3) is 2.90. The van der Waals surface area contributed by atoms with E-state index in [0.29, 0.717) is 28.7 Å². The monoisotopic (exact) mass is 254 g/mol. The van der Waals surface area contributed by atoms with Crippen LogP contribution in [-0.4, -0.2) is 23.7 Å². The van der Waals surface area contributed by atoms with E-state index in [4.69, 9.17) is 22.4 Å². The SMILES string of the molecule is Nc1ccc(Cl)c(C(=O)NCC2CC(O)C2)c1. The molecule has 0 spiro atoms. The average molecular weight is 255 g/mol. The Bertz CT molecular complexity index is 431. The third-order valence-corrected chi connectivity index (χ3v) is 3.33. The minimum Gasteiger partial charge on any atom is -0.399 e. The first-order chi connectivity index (χ1) is 8.06. The molecule has 0 bridgehead atoms. The van der Waals surface area contributed by atoms with Crippen molar-refractivity contribution >= 4 is 23.2 Å². The fourth-order valence-electron chi connectivity index (χ4n) is 1.92. The van der Waals surface area contributed by atoms with E-state index >= 15 is 0 Å². The minimum atomic E-state index is -0.219. The first-order valence-electron chi connectivity index (χ1n) is 5.57. The molecule has 0 heterocycles. The maximum atomic E-state index is 11.8. The van der Waals surface area contributed by atoms with Crippen LogP contribution in [0, 0.1) is 5.92 Å². The lowest BCUT2D eigenvalue weighted by atomic mass is 9.82. The Morgan fingerprint density at radius 2 is 2.24 bits per heavy atom. The number of benzene rings is 1. The second-order valence-electron chi connectivity index (χ2n) is 4.44. The number of aliphatic hydroxyl groups is 1. The predicted octanol–water partition coefficient (Wildman–Crippen LogP) is 1.42. The molecule has 4 nitrogen and oxygen atoms in total. The summed E-state index contributed by atoms with van der Waals surface area (Å²) in [4.78, 5) is 11.8. The Kier molecular flexibility index (Phi) is 3.54. The average Bonchev–Trinajstić information content (AvgIpc) is 2.26. The number of rotatable bonds is 3. The number of nitrogens with two attached hydrogens (primary N) is 1. The number of nitrogens with one attached hydrogen (secondary N) is 1. The maximum Gasteiger partial charge on any atom is 0.252 e. The van der Waals surface area contributed by atoms with Crippen molar-refractivity contribution in [3.8, 4) is 0 Å². The van der Waals surface area contributed by atoms with Gasteiger partial charge in [-0.2, -0.15) is 0 Å². The van der Waals surface area contributed by atoms with Gasteiger partial charge in [0, 0.05) is 12.2 Å². The molecular formula is C12H15ClN2O2. The zero-order valence-corrected chi connectivity index (χ0v) is 10.1. The highest BCUT2D eigenvalue weighted by Gasteiger charge is 2.27. The van der Waals surface area contributed by atoms with E-state index in [1.807, 2.05) is 0 Å². The number of nitrogen functional groups attached to an aromatic ring is 1. The highest BCUT2D eigenvalue weighted by atomic mass is 35.5. The molecule has 0 radical (unpaired) electrons. The van der Waals surface area contributed by atoms with Gasteiger partial charge in [0.2, 0.25) is 0 Å². The molecule has 1 fully saturated rings. The zero-order chi connectivity index (χ0) is 12.4. The molecule has 0 atom stereocenters. The molecule has 1 amide bonds. The molecule has 92 valence electrons. The van der Waals surface area contributed by atoms with E-state index < -0.39 is 0 Å². The first-order valence-corrected chi connectivity index (χ1v) is 5.95. The molecule has 1 aliphatic rings. The van der Waals surface area contributed by atoms with Crippen LogP contribution in [0.5, 0.6) is 0 Å². The normalized spacial score (nSPS) is 22.9. The van der Waals surface area contributed by atoms with Crippen LogP contribution in [-0.2, 0) is 0 Å². The topological polar surface area (TPSA) is 75.4 Å². The standard InChI is InChI=1S/C12H15ClN2O2/c13-11-2-1-8(14)5-10(11)12(17)15-6-7-3-9(16)4-7/h1-2,5,7,9,16H,3-4,6,14H2,(H,15,17). The zero-order valence-electron chi connectivity index (χ0n) is 9.32. The molecule has 17 heavy (non-hydrogen) atoms. The number of hydrogen-bond acceptors (Lipinski definition) is 3. The molecule has 1 aromatic rings. The molecule has 2 rings (SSSR count). The second kappa shape index (κ2) is 4.94. The van der Waals surface area contributed by atoms with Gasteiger partial charge in [-0.3, -0.25) is 4.79 Å². The largest absolute Gasteiger partial charge is 0.399 e. The molecule has 4 N–H and O–H groups in total. The summed E-state index contributed by atoms with van der Waals surface area (Å²) >= 11 is 5.92. The van der Waals surface area contributed by atoms with Gasteiger partial charge >= 0.3 is 0 Å². The van der Waals surface area contributed by atoms with Crippen molar-refractivity contribution in [2.45, 2.75) is 18.9 Å². The van der Waals surface area contributed by atoms with Gasteiger partial charge in [0.05, 0.1) is 16.7 Å². The van der Waals surface area contributed by atoms with Crippen molar-refractivity contribution in [3.05, 3.63) is 28.8 Å². The van der Waals surface area contributed by atoms with Gasteiger partial charge in [0.15, 0.2) is 0 Å². The number of amides is 1. The lowest BCUT2D eigenvalue weighted by Crippen LogP contribution is -2.38. The lowest BCUT2D eigenvalue weighted by Gasteiger charge is -2.31. The Labute approximate surface area is 105 Å². The number of carbonyl (C=O) groups is 1. The van der Waals surface area contributed by atoms with Crippen LogP contribution >= 0.6 is 11.6 Å². The van der Waals surface area contributed by atoms with Crippen LogP contribution in [0.15, 0.2) is 18.2 Å². The van der Waals surface area contributed by atoms with Gasteiger partial charge in [0.1, 0.15) is 0 Å². The number of aliphatic hydroxyl groups excluding tert-OH is 1. The molecule has 0 unspecified atom stereocenters. The minimum absolute atomic E-state index is 0.201. The molecular weight excluding hydrogens is 240 g/mol. The van der Waals surface area contributed by atoms with Gasteiger partial charge in [-0.05, 0) is 37.0 Å².